The SMILES string of the molecule is CCNc1cc(C)ncc1C(=O)N(CC)CC(C)CC. The summed E-state index contributed by atoms with van der Waals surface area (Å²) in [6.45, 7) is 12.6. The third-order valence-corrected chi connectivity index (χ3v) is 3.54. The second-order valence-corrected chi connectivity index (χ2v) is 5.26. The molecule has 0 saturated carbocycles. The minimum absolute atomic E-state index is 0.0660. The van der Waals surface area contributed by atoms with Crippen LogP contribution in [0.2, 0.25) is 0 Å². The summed E-state index contributed by atoms with van der Waals surface area (Å²) in [6.07, 6.45) is 2.77. The molecule has 4 heteroatoms. The maximum Gasteiger partial charge on any atom is 0.257 e. The molecule has 0 fully saturated rings. The van der Waals surface area contributed by atoms with E-state index in [-0.39, 0.29) is 5.91 Å². The Kier molecular flexibility index (Phi) is 6.49. The number of carbonyl (C=O) groups is 1. The van der Waals surface area contributed by atoms with E-state index in [0.29, 0.717) is 11.5 Å². The van der Waals surface area contributed by atoms with Gasteiger partial charge in [0.1, 0.15) is 0 Å². The molecule has 0 aliphatic rings. The normalized spacial score (nSPS) is 12.1. The third kappa shape index (κ3) is 4.22. The van der Waals surface area contributed by atoms with Crippen molar-refractivity contribution in [2.75, 3.05) is 25.0 Å². The Labute approximate surface area is 122 Å². The number of hydrogen-bond donors (Lipinski definition) is 1. The van der Waals surface area contributed by atoms with Gasteiger partial charge < -0.3 is 10.2 Å². The second kappa shape index (κ2) is 7.88. The molecule has 112 valence electrons. The minimum Gasteiger partial charge on any atom is -0.385 e. The summed E-state index contributed by atoms with van der Waals surface area (Å²) in [6, 6.07) is 1.94. The van der Waals surface area contributed by atoms with E-state index >= 15 is 0 Å². The molecule has 0 aliphatic heterocycles. The Bertz CT molecular complexity index is 445. The zero-order valence-electron chi connectivity index (χ0n) is 13.4. The monoisotopic (exact) mass is 277 g/mol. The van der Waals surface area contributed by atoms with Crippen LogP contribution in [0.4, 0.5) is 5.69 Å². The fourth-order valence-corrected chi connectivity index (χ4v) is 2.10. The van der Waals surface area contributed by atoms with Crippen LogP contribution < -0.4 is 5.32 Å². The highest BCUT2D eigenvalue weighted by atomic mass is 16.2. The fourth-order valence-electron chi connectivity index (χ4n) is 2.10. The van der Waals surface area contributed by atoms with Gasteiger partial charge in [-0.05, 0) is 32.8 Å². The zero-order chi connectivity index (χ0) is 15.1. The first kappa shape index (κ1) is 16.5. The van der Waals surface area contributed by atoms with E-state index in [1.165, 1.54) is 0 Å². The zero-order valence-corrected chi connectivity index (χ0v) is 13.4. The van der Waals surface area contributed by atoms with Crippen molar-refractivity contribution in [3.05, 3.63) is 23.5 Å². The molecule has 1 aromatic rings. The van der Waals surface area contributed by atoms with Gasteiger partial charge in [-0.2, -0.15) is 0 Å². The van der Waals surface area contributed by atoms with Crippen LogP contribution in [0.1, 0.15) is 50.2 Å². The topological polar surface area (TPSA) is 45.2 Å². The van der Waals surface area contributed by atoms with Crippen LogP contribution in [0, 0.1) is 12.8 Å². The van der Waals surface area contributed by atoms with Gasteiger partial charge in [0.2, 0.25) is 0 Å². The Hall–Kier alpha value is -1.58. The van der Waals surface area contributed by atoms with Crippen molar-refractivity contribution in [1.29, 1.82) is 0 Å². The van der Waals surface area contributed by atoms with Crippen molar-refractivity contribution >= 4 is 11.6 Å². The Balaban J connectivity index is 2.99. The van der Waals surface area contributed by atoms with Gasteiger partial charge in [0.25, 0.3) is 5.91 Å². The van der Waals surface area contributed by atoms with Gasteiger partial charge in [0, 0.05) is 31.5 Å². The molecule has 4 nitrogen and oxygen atoms in total. The summed E-state index contributed by atoms with van der Waals surface area (Å²) < 4.78 is 0. The number of carbonyl (C=O) groups excluding carboxylic acids is 1. The van der Waals surface area contributed by atoms with E-state index in [1.807, 2.05) is 31.7 Å². The van der Waals surface area contributed by atoms with E-state index in [1.54, 1.807) is 6.20 Å². The predicted octanol–water partition coefficient (Wildman–Crippen LogP) is 3.33. The van der Waals surface area contributed by atoms with Crippen molar-refractivity contribution in [3.63, 3.8) is 0 Å². The average Bonchev–Trinajstić information content (AvgIpc) is 2.44. The van der Waals surface area contributed by atoms with Crippen LogP contribution in [0.25, 0.3) is 0 Å². The van der Waals surface area contributed by atoms with Crippen LogP contribution in [-0.2, 0) is 0 Å². The van der Waals surface area contributed by atoms with Gasteiger partial charge in [-0.25, -0.2) is 0 Å². The van der Waals surface area contributed by atoms with Crippen molar-refractivity contribution in [3.8, 4) is 0 Å². The lowest BCUT2D eigenvalue weighted by atomic mass is 10.1. The van der Waals surface area contributed by atoms with Crippen LogP contribution >= 0.6 is 0 Å². The van der Waals surface area contributed by atoms with Gasteiger partial charge in [0.15, 0.2) is 0 Å². The molecule has 20 heavy (non-hydrogen) atoms. The summed E-state index contributed by atoms with van der Waals surface area (Å²) in [5.41, 5.74) is 2.47. The maximum absolute atomic E-state index is 12.7. The second-order valence-electron chi connectivity index (χ2n) is 5.26. The highest BCUT2D eigenvalue weighted by molar-refractivity contribution is 5.99. The van der Waals surface area contributed by atoms with E-state index in [9.17, 15) is 4.79 Å². The number of amides is 1. The van der Waals surface area contributed by atoms with E-state index in [0.717, 1.165) is 37.4 Å². The lowest BCUT2D eigenvalue weighted by Crippen LogP contribution is -2.35. The molecule has 0 aromatic carbocycles. The van der Waals surface area contributed by atoms with Crippen molar-refractivity contribution in [2.45, 2.75) is 41.0 Å². The van der Waals surface area contributed by atoms with Crippen LogP contribution in [-0.4, -0.2) is 35.4 Å². The Morgan fingerprint density at radius 3 is 2.65 bits per heavy atom. The number of aryl methyl sites for hydroxylation is 1. The molecule has 1 unspecified atom stereocenters. The standard InChI is InChI=1S/C16H27N3O/c1-6-12(4)11-19(8-3)16(20)14-10-18-13(5)9-15(14)17-7-2/h9-10,12H,6-8,11H2,1-5H3,(H,17,18). The van der Waals surface area contributed by atoms with Gasteiger partial charge in [-0.3, -0.25) is 9.78 Å². The largest absolute Gasteiger partial charge is 0.385 e. The summed E-state index contributed by atoms with van der Waals surface area (Å²) in [5, 5.41) is 3.26. The van der Waals surface area contributed by atoms with E-state index < -0.39 is 0 Å². The number of nitrogens with zero attached hydrogens (tertiary/aromatic N) is 2. The number of anilines is 1. The molecule has 1 N–H and O–H groups in total. The first-order valence-corrected chi connectivity index (χ1v) is 7.53. The molecule has 1 atom stereocenters. The van der Waals surface area contributed by atoms with Crippen LogP contribution in [0.15, 0.2) is 12.3 Å². The number of pyridine rings is 1. The maximum atomic E-state index is 12.7. The lowest BCUT2D eigenvalue weighted by molar-refractivity contribution is 0.0741. The van der Waals surface area contributed by atoms with Gasteiger partial charge in [-0.1, -0.05) is 20.3 Å². The fraction of sp³-hybridized carbons (Fsp3) is 0.625. The van der Waals surface area contributed by atoms with Crippen molar-refractivity contribution < 1.29 is 4.79 Å². The highest BCUT2D eigenvalue weighted by Gasteiger charge is 2.19. The molecule has 1 aromatic heterocycles. The number of aromatic nitrogens is 1. The van der Waals surface area contributed by atoms with Crippen molar-refractivity contribution in [2.24, 2.45) is 5.92 Å². The first-order chi connectivity index (χ1) is 9.53. The molecule has 0 bridgehead atoms. The van der Waals surface area contributed by atoms with E-state index in [2.05, 4.69) is 24.1 Å². The molecular formula is C16H27N3O. The summed E-state index contributed by atoms with van der Waals surface area (Å²) in [5.74, 6) is 0.580. The quantitative estimate of drug-likeness (QED) is 0.831. The van der Waals surface area contributed by atoms with Gasteiger partial charge >= 0.3 is 0 Å². The van der Waals surface area contributed by atoms with Gasteiger partial charge in [0.05, 0.1) is 11.3 Å². The van der Waals surface area contributed by atoms with Crippen LogP contribution in [0.3, 0.4) is 0 Å². The number of rotatable bonds is 7. The number of hydrogen-bond acceptors (Lipinski definition) is 3. The summed E-state index contributed by atoms with van der Waals surface area (Å²) in [7, 11) is 0. The molecule has 0 radical (unpaired) electrons. The molecule has 0 saturated heterocycles. The van der Waals surface area contributed by atoms with Crippen LogP contribution in [0.5, 0.6) is 0 Å². The predicted molar refractivity (Wildman–Crippen MR) is 84.2 cm³/mol. The number of nitrogens with one attached hydrogen (secondary N) is 1. The lowest BCUT2D eigenvalue weighted by Gasteiger charge is -2.25. The van der Waals surface area contributed by atoms with Gasteiger partial charge in [-0.15, -0.1) is 0 Å². The summed E-state index contributed by atoms with van der Waals surface area (Å²) in [4.78, 5) is 18.9. The highest BCUT2D eigenvalue weighted by Crippen LogP contribution is 2.18. The van der Waals surface area contributed by atoms with E-state index in [4.69, 9.17) is 0 Å². The molecule has 1 heterocycles. The molecule has 1 rings (SSSR count). The molecule has 0 spiro atoms. The molecular weight excluding hydrogens is 250 g/mol. The smallest absolute Gasteiger partial charge is 0.257 e. The molecule has 1 amide bonds. The summed E-state index contributed by atoms with van der Waals surface area (Å²) >= 11 is 0. The Morgan fingerprint density at radius 2 is 2.10 bits per heavy atom. The first-order valence-electron chi connectivity index (χ1n) is 7.53. The van der Waals surface area contributed by atoms with Crippen molar-refractivity contribution in [1.82, 2.24) is 9.88 Å². The molecule has 0 aliphatic carbocycles. The minimum atomic E-state index is 0.0660. The Morgan fingerprint density at radius 1 is 1.40 bits per heavy atom. The average molecular weight is 277 g/mol. The third-order valence-electron chi connectivity index (χ3n) is 3.54.